The van der Waals surface area contributed by atoms with Gasteiger partial charge in [-0.15, -0.1) is 0 Å². The summed E-state index contributed by atoms with van der Waals surface area (Å²) in [6, 6.07) is 18.8. The molecule has 100 valence electrons. The van der Waals surface area contributed by atoms with E-state index < -0.39 is 0 Å². The second kappa shape index (κ2) is 5.63. The first-order chi connectivity index (χ1) is 9.74. The molecule has 0 saturated heterocycles. The Bertz CT molecular complexity index is 750. The summed E-state index contributed by atoms with van der Waals surface area (Å²) in [5, 5.41) is 2.29. The molecule has 0 unspecified atom stereocenters. The average Bonchev–Trinajstić information content (AvgIpc) is 2.48. The van der Waals surface area contributed by atoms with Gasteiger partial charge in [0.25, 0.3) is 0 Å². The van der Waals surface area contributed by atoms with E-state index in [-0.39, 0.29) is 11.6 Å². The third kappa shape index (κ3) is 2.68. The third-order valence-electron chi connectivity index (χ3n) is 3.16. The number of ether oxygens (including phenoxy) is 1. The molecule has 3 aromatic rings. The van der Waals surface area contributed by atoms with Gasteiger partial charge in [-0.2, -0.15) is 0 Å². The zero-order chi connectivity index (χ0) is 13.9. The molecule has 3 aromatic carbocycles. The van der Waals surface area contributed by atoms with Gasteiger partial charge in [0.2, 0.25) is 0 Å². The predicted molar refractivity (Wildman–Crippen MR) is 82.4 cm³/mol. The minimum absolute atomic E-state index is 0.257. The molecule has 0 amide bonds. The molecule has 0 aliphatic carbocycles. The highest BCUT2D eigenvalue weighted by atomic mass is 79.9. The number of fused-ring (bicyclic) bond motifs is 1. The monoisotopic (exact) mass is 330 g/mol. The first-order valence-electron chi connectivity index (χ1n) is 6.28. The van der Waals surface area contributed by atoms with Crippen molar-refractivity contribution in [3.8, 4) is 5.75 Å². The fourth-order valence-electron chi connectivity index (χ4n) is 2.16. The molecule has 20 heavy (non-hydrogen) atoms. The Kier molecular flexibility index (Phi) is 3.70. The fraction of sp³-hybridized carbons (Fsp3) is 0.0588. The van der Waals surface area contributed by atoms with Crippen LogP contribution in [-0.4, -0.2) is 0 Å². The predicted octanol–water partition coefficient (Wildman–Crippen LogP) is 5.32. The highest BCUT2D eigenvalue weighted by molar-refractivity contribution is 9.10. The van der Waals surface area contributed by atoms with Crippen LogP contribution in [0.5, 0.6) is 5.75 Å². The van der Waals surface area contributed by atoms with E-state index in [1.54, 1.807) is 12.1 Å². The summed E-state index contributed by atoms with van der Waals surface area (Å²) in [5.74, 6) is -0.0965. The van der Waals surface area contributed by atoms with Crippen molar-refractivity contribution in [2.24, 2.45) is 0 Å². The first-order valence-corrected chi connectivity index (χ1v) is 7.08. The molecule has 3 heteroatoms. The van der Waals surface area contributed by atoms with E-state index in [0.29, 0.717) is 6.61 Å². The van der Waals surface area contributed by atoms with Crippen LogP contribution < -0.4 is 4.74 Å². The maximum atomic E-state index is 13.6. The smallest absolute Gasteiger partial charge is 0.165 e. The standard InChI is InChI=1S/C17H12BrFO/c18-14-8-9-16(19)17(10-14)20-11-13-6-3-5-12-4-1-2-7-15(12)13/h1-10H,11H2. The van der Waals surface area contributed by atoms with Crippen molar-refractivity contribution in [3.63, 3.8) is 0 Å². The molecule has 0 saturated carbocycles. The quantitative estimate of drug-likeness (QED) is 0.631. The van der Waals surface area contributed by atoms with E-state index in [1.807, 2.05) is 30.3 Å². The molecule has 0 N–H and O–H groups in total. The van der Waals surface area contributed by atoms with Gasteiger partial charge in [-0.3, -0.25) is 0 Å². The molecule has 0 aliphatic heterocycles. The van der Waals surface area contributed by atoms with Crippen LogP contribution >= 0.6 is 15.9 Å². The zero-order valence-corrected chi connectivity index (χ0v) is 12.2. The molecule has 1 nitrogen and oxygen atoms in total. The lowest BCUT2D eigenvalue weighted by molar-refractivity contribution is 0.291. The molecule has 0 aromatic heterocycles. The third-order valence-corrected chi connectivity index (χ3v) is 3.65. The lowest BCUT2D eigenvalue weighted by atomic mass is 10.1. The second-order valence-electron chi connectivity index (χ2n) is 4.50. The van der Waals surface area contributed by atoms with Gasteiger partial charge >= 0.3 is 0 Å². The Labute approximate surface area is 125 Å². The van der Waals surface area contributed by atoms with Crippen LogP contribution in [-0.2, 0) is 6.61 Å². The van der Waals surface area contributed by atoms with E-state index in [4.69, 9.17) is 4.74 Å². The minimum atomic E-state index is -0.353. The normalized spacial score (nSPS) is 10.7. The van der Waals surface area contributed by atoms with E-state index in [2.05, 4.69) is 28.1 Å². The molecule has 0 heterocycles. The van der Waals surface area contributed by atoms with Crippen molar-refractivity contribution in [3.05, 3.63) is 76.5 Å². The van der Waals surface area contributed by atoms with Crippen LogP contribution in [0.3, 0.4) is 0 Å². The Morgan fingerprint density at radius 3 is 2.65 bits per heavy atom. The molecule has 0 fully saturated rings. The maximum Gasteiger partial charge on any atom is 0.165 e. The van der Waals surface area contributed by atoms with Gasteiger partial charge < -0.3 is 4.74 Å². The van der Waals surface area contributed by atoms with Gasteiger partial charge in [-0.25, -0.2) is 4.39 Å². The molecule has 0 bridgehead atoms. The lowest BCUT2D eigenvalue weighted by Gasteiger charge is -2.10. The summed E-state index contributed by atoms with van der Waals surface area (Å²) in [7, 11) is 0. The van der Waals surface area contributed by atoms with Gasteiger partial charge in [-0.1, -0.05) is 58.4 Å². The van der Waals surface area contributed by atoms with Gasteiger partial charge in [0.1, 0.15) is 6.61 Å². The molecular formula is C17H12BrFO. The van der Waals surface area contributed by atoms with Crippen LogP contribution in [0.1, 0.15) is 5.56 Å². The summed E-state index contributed by atoms with van der Waals surface area (Å²) in [5.41, 5.74) is 1.04. The Hall–Kier alpha value is -1.87. The second-order valence-corrected chi connectivity index (χ2v) is 5.42. The fourth-order valence-corrected chi connectivity index (χ4v) is 2.50. The average molecular weight is 331 g/mol. The van der Waals surface area contributed by atoms with Crippen molar-refractivity contribution in [1.29, 1.82) is 0 Å². The number of hydrogen-bond acceptors (Lipinski definition) is 1. The first kappa shape index (κ1) is 13.1. The molecule has 0 spiro atoms. The molecular weight excluding hydrogens is 319 g/mol. The molecule has 3 rings (SSSR count). The highest BCUT2D eigenvalue weighted by Crippen LogP contribution is 2.25. The number of benzene rings is 3. The van der Waals surface area contributed by atoms with E-state index in [1.165, 1.54) is 6.07 Å². The lowest BCUT2D eigenvalue weighted by Crippen LogP contribution is -1.98. The molecule has 0 radical (unpaired) electrons. The number of hydrogen-bond donors (Lipinski definition) is 0. The summed E-state index contributed by atoms with van der Waals surface area (Å²) in [6.07, 6.45) is 0. The summed E-state index contributed by atoms with van der Waals surface area (Å²) in [4.78, 5) is 0. The summed E-state index contributed by atoms with van der Waals surface area (Å²) >= 11 is 3.32. The van der Waals surface area contributed by atoms with Gasteiger partial charge in [0, 0.05) is 4.47 Å². The number of rotatable bonds is 3. The van der Waals surface area contributed by atoms with Crippen molar-refractivity contribution in [2.75, 3.05) is 0 Å². The Balaban J connectivity index is 1.89. The maximum absolute atomic E-state index is 13.6. The van der Waals surface area contributed by atoms with Crippen LogP contribution in [0.25, 0.3) is 10.8 Å². The van der Waals surface area contributed by atoms with Crippen LogP contribution in [0.2, 0.25) is 0 Å². The Morgan fingerprint density at radius 1 is 0.950 bits per heavy atom. The van der Waals surface area contributed by atoms with E-state index >= 15 is 0 Å². The topological polar surface area (TPSA) is 9.23 Å². The minimum Gasteiger partial charge on any atom is -0.486 e. The van der Waals surface area contributed by atoms with Crippen molar-refractivity contribution in [1.82, 2.24) is 0 Å². The van der Waals surface area contributed by atoms with Gasteiger partial charge in [0.15, 0.2) is 11.6 Å². The van der Waals surface area contributed by atoms with Crippen molar-refractivity contribution < 1.29 is 9.13 Å². The molecule has 0 atom stereocenters. The van der Waals surface area contributed by atoms with Crippen molar-refractivity contribution in [2.45, 2.75) is 6.61 Å². The van der Waals surface area contributed by atoms with Crippen LogP contribution in [0.15, 0.2) is 65.1 Å². The summed E-state index contributed by atoms with van der Waals surface area (Å²) < 4.78 is 20.0. The van der Waals surface area contributed by atoms with Crippen LogP contribution in [0, 0.1) is 5.82 Å². The number of halogens is 2. The Morgan fingerprint density at radius 2 is 1.75 bits per heavy atom. The summed E-state index contributed by atoms with van der Waals surface area (Å²) in [6.45, 7) is 0.342. The van der Waals surface area contributed by atoms with Gasteiger partial charge in [0.05, 0.1) is 0 Å². The van der Waals surface area contributed by atoms with E-state index in [9.17, 15) is 4.39 Å². The van der Waals surface area contributed by atoms with Crippen LogP contribution in [0.4, 0.5) is 4.39 Å². The zero-order valence-electron chi connectivity index (χ0n) is 10.6. The van der Waals surface area contributed by atoms with Gasteiger partial charge in [-0.05, 0) is 34.5 Å². The van der Waals surface area contributed by atoms with E-state index in [0.717, 1.165) is 20.8 Å². The highest BCUT2D eigenvalue weighted by Gasteiger charge is 2.06. The molecule has 0 aliphatic rings. The van der Waals surface area contributed by atoms with Crippen molar-refractivity contribution >= 4 is 26.7 Å². The SMILES string of the molecule is Fc1ccc(Br)cc1OCc1cccc2ccccc12. The largest absolute Gasteiger partial charge is 0.486 e.